The summed E-state index contributed by atoms with van der Waals surface area (Å²) < 4.78 is 13.8. The molecule has 246 valence electrons. The highest BCUT2D eigenvalue weighted by atomic mass is 16.5. The molecule has 0 saturated heterocycles. The molecule has 4 rings (SSSR count). The number of carbonyl (C=O) groups excluding carboxylic acids is 4. The maximum Gasteiger partial charge on any atom is 0.244 e. The van der Waals surface area contributed by atoms with Gasteiger partial charge in [-0.3, -0.25) is 28.5 Å². The molecule has 0 aliphatic carbocycles. The predicted molar refractivity (Wildman–Crippen MR) is 175 cm³/mol. The Bertz CT molecular complexity index is 1670. The second kappa shape index (κ2) is 12.9. The molecule has 0 atom stereocenters. The van der Waals surface area contributed by atoms with Crippen LogP contribution in [0, 0.1) is 10.8 Å². The number of fused-ring (bicyclic) bond motifs is 2. The zero-order valence-electron chi connectivity index (χ0n) is 28.4. The van der Waals surface area contributed by atoms with E-state index in [0.717, 1.165) is 0 Å². The third kappa shape index (κ3) is 7.05. The first-order chi connectivity index (χ1) is 21.5. The average Bonchev–Trinajstić information content (AvgIpc) is 3.54. The molecule has 2 aromatic carbocycles. The van der Waals surface area contributed by atoms with E-state index in [-0.39, 0.29) is 49.6 Å². The van der Waals surface area contributed by atoms with Crippen molar-refractivity contribution in [2.24, 2.45) is 10.8 Å². The number of amides is 2. The molecule has 0 fully saturated rings. The van der Waals surface area contributed by atoms with Gasteiger partial charge in [-0.15, -0.1) is 0 Å². The van der Waals surface area contributed by atoms with Gasteiger partial charge in [0, 0.05) is 60.9 Å². The number of hydrogen-bond acceptors (Lipinski definition) is 8. The van der Waals surface area contributed by atoms with Crippen molar-refractivity contribution in [2.75, 3.05) is 41.4 Å². The highest BCUT2D eigenvalue weighted by Crippen LogP contribution is 2.30. The van der Waals surface area contributed by atoms with Crippen molar-refractivity contribution in [1.82, 2.24) is 29.4 Å². The molecule has 0 spiro atoms. The van der Waals surface area contributed by atoms with Gasteiger partial charge in [0.1, 0.15) is 36.0 Å². The third-order valence-corrected chi connectivity index (χ3v) is 7.90. The number of ether oxygens (including phenoxy) is 2. The van der Waals surface area contributed by atoms with E-state index < -0.39 is 10.8 Å². The van der Waals surface area contributed by atoms with Gasteiger partial charge in [0.05, 0.1) is 25.3 Å². The van der Waals surface area contributed by atoms with E-state index in [0.29, 0.717) is 44.7 Å². The molecule has 2 amide bonds. The van der Waals surface area contributed by atoms with Gasteiger partial charge in [0.25, 0.3) is 0 Å². The van der Waals surface area contributed by atoms with E-state index in [4.69, 9.17) is 9.47 Å². The minimum atomic E-state index is -0.651. The number of benzene rings is 2. The molecule has 0 aliphatic rings. The van der Waals surface area contributed by atoms with Crippen molar-refractivity contribution in [1.29, 1.82) is 0 Å². The Morgan fingerprint density at radius 2 is 1.00 bits per heavy atom. The van der Waals surface area contributed by atoms with E-state index >= 15 is 0 Å². The Morgan fingerprint density at radius 3 is 1.30 bits per heavy atom. The van der Waals surface area contributed by atoms with Crippen LogP contribution in [0.15, 0.2) is 36.4 Å². The molecule has 0 aliphatic heterocycles. The zero-order valence-corrected chi connectivity index (χ0v) is 28.4. The highest BCUT2D eigenvalue weighted by Gasteiger charge is 2.30. The van der Waals surface area contributed by atoms with Crippen LogP contribution in [-0.4, -0.2) is 94.1 Å². The van der Waals surface area contributed by atoms with E-state index in [9.17, 15) is 19.2 Å². The second-order valence-corrected chi connectivity index (χ2v) is 13.6. The third-order valence-electron chi connectivity index (χ3n) is 7.90. The van der Waals surface area contributed by atoms with E-state index in [1.165, 1.54) is 19.2 Å². The molecule has 0 N–H and O–H groups in total. The SMILES string of the molecule is COc1ccc2c(C(=O)C(C)(C)C)nn(CC(=O)N(C)CCN(C)C(=O)Cn3nc(C(=O)C(C)(C)C)c4ccc(OC)cc43)c2c1. The lowest BCUT2D eigenvalue weighted by atomic mass is 9.88. The van der Waals surface area contributed by atoms with Crippen LogP contribution >= 0.6 is 0 Å². The fourth-order valence-electron chi connectivity index (χ4n) is 4.90. The minimum absolute atomic E-state index is 0.0963. The lowest BCUT2D eigenvalue weighted by Crippen LogP contribution is -2.39. The summed E-state index contributed by atoms with van der Waals surface area (Å²) in [5.41, 5.74) is 0.551. The van der Waals surface area contributed by atoms with Gasteiger partial charge in [-0.1, -0.05) is 41.5 Å². The first kappa shape index (κ1) is 34.1. The zero-order chi connectivity index (χ0) is 34.1. The number of rotatable bonds is 11. The number of aromatic nitrogens is 4. The van der Waals surface area contributed by atoms with Crippen molar-refractivity contribution in [3.63, 3.8) is 0 Å². The number of ketones is 2. The number of methoxy groups -OCH3 is 2. The average molecular weight is 633 g/mol. The molecule has 12 nitrogen and oxygen atoms in total. The Labute approximate surface area is 269 Å². The van der Waals surface area contributed by atoms with Crippen LogP contribution in [-0.2, 0) is 22.7 Å². The van der Waals surface area contributed by atoms with Gasteiger partial charge in [-0.05, 0) is 24.3 Å². The molecule has 12 heteroatoms. The highest BCUT2D eigenvalue weighted by molar-refractivity contribution is 6.09. The van der Waals surface area contributed by atoms with Gasteiger partial charge < -0.3 is 19.3 Å². The molecule has 0 unspecified atom stereocenters. The summed E-state index contributed by atoms with van der Waals surface area (Å²) in [4.78, 5) is 56.0. The molecule has 2 heterocycles. The molecule has 4 aromatic rings. The summed E-state index contributed by atoms with van der Waals surface area (Å²) in [5, 5.41) is 10.4. The van der Waals surface area contributed by atoms with Crippen LogP contribution in [0.25, 0.3) is 21.8 Å². The smallest absolute Gasteiger partial charge is 0.244 e. The lowest BCUT2D eigenvalue weighted by molar-refractivity contribution is -0.134. The quantitative estimate of drug-likeness (QED) is 0.222. The van der Waals surface area contributed by atoms with Crippen molar-refractivity contribution in [2.45, 2.75) is 54.6 Å². The molecular formula is C34H44N6O6. The molecule has 46 heavy (non-hydrogen) atoms. The monoisotopic (exact) mass is 632 g/mol. The Hall–Kier alpha value is -4.74. The standard InChI is InChI=1S/C34H44N6O6/c1-33(2,3)31(43)29-23-13-11-21(45-9)17-25(23)39(35-29)19-27(41)37(7)15-16-38(8)28(42)20-40-26-18-22(46-10)12-14-24(26)30(36-40)32(44)34(4,5)6/h11-14,17-18H,15-16,19-20H2,1-10H3. The van der Waals surface area contributed by atoms with Crippen LogP contribution in [0.1, 0.15) is 62.5 Å². The van der Waals surface area contributed by atoms with Crippen molar-refractivity contribution in [3.8, 4) is 11.5 Å². The first-order valence-electron chi connectivity index (χ1n) is 15.1. The van der Waals surface area contributed by atoms with Gasteiger partial charge in [0.2, 0.25) is 11.8 Å². The number of Topliss-reactive ketones (excluding diaryl/α,β-unsaturated/α-hetero) is 2. The van der Waals surface area contributed by atoms with Gasteiger partial charge in [-0.2, -0.15) is 10.2 Å². The van der Waals surface area contributed by atoms with E-state index in [1.807, 2.05) is 41.5 Å². The van der Waals surface area contributed by atoms with Gasteiger partial charge >= 0.3 is 0 Å². The molecule has 0 saturated carbocycles. The summed E-state index contributed by atoms with van der Waals surface area (Å²) in [6.07, 6.45) is 0. The topological polar surface area (TPSA) is 129 Å². The van der Waals surface area contributed by atoms with Crippen LogP contribution in [0.3, 0.4) is 0 Å². The van der Waals surface area contributed by atoms with Crippen LogP contribution in [0.4, 0.5) is 0 Å². The fraction of sp³-hybridized carbons (Fsp3) is 0.471. The van der Waals surface area contributed by atoms with Crippen LogP contribution < -0.4 is 9.47 Å². The summed E-state index contributed by atoms with van der Waals surface area (Å²) in [6, 6.07) is 10.6. The Kier molecular flexibility index (Phi) is 9.60. The van der Waals surface area contributed by atoms with Gasteiger partial charge in [-0.25, -0.2) is 0 Å². The molecule has 0 bridgehead atoms. The number of carbonyl (C=O) groups is 4. The van der Waals surface area contributed by atoms with Crippen LogP contribution in [0.5, 0.6) is 11.5 Å². The lowest BCUT2D eigenvalue weighted by Gasteiger charge is -2.23. The molecule has 2 aromatic heterocycles. The normalized spacial score (nSPS) is 12.0. The Morgan fingerprint density at radius 1 is 0.652 bits per heavy atom. The second-order valence-electron chi connectivity index (χ2n) is 13.6. The largest absolute Gasteiger partial charge is 0.497 e. The number of hydrogen-bond donors (Lipinski definition) is 0. The van der Waals surface area contributed by atoms with Crippen molar-refractivity contribution >= 4 is 45.2 Å². The summed E-state index contributed by atoms with van der Waals surface area (Å²) in [7, 11) is 6.42. The maximum absolute atomic E-state index is 13.3. The minimum Gasteiger partial charge on any atom is -0.497 e. The summed E-state index contributed by atoms with van der Waals surface area (Å²) in [6.45, 7) is 11.3. The Balaban J connectivity index is 1.47. The van der Waals surface area contributed by atoms with E-state index in [2.05, 4.69) is 10.2 Å². The molecular weight excluding hydrogens is 588 g/mol. The van der Waals surface area contributed by atoms with Gasteiger partial charge in [0.15, 0.2) is 11.6 Å². The number of likely N-dealkylation sites (N-methyl/N-ethyl adjacent to an activating group) is 2. The fourth-order valence-corrected chi connectivity index (χ4v) is 4.90. The first-order valence-corrected chi connectivity index (χ1v) is 15.1. The van der Waals surface area contributed by atoms with Crippen molar-refractivity contribution in [3.05, 3.63) is 47.8 Å². The number of nitrogens with zero attached hydrogens (tertiary/aromatic N) is 6. The van der Waals surface area contributed by atoms with Crippen molar-refractivity contribution < 1.29 is 28.7 Å². The molecule has 0 radical (unpaired) electrons. The predicted octanol–water partition coefficient (Wildman–Crippen LogP) is 4.48. The maximum atomic E-state index is 13.3. The summed E-state index contributed by atoms with van der Waals surface area (Å²) in [5.74, 6) is 0.447. The van der Waals surface area contributed by atoms with E-state index in [1.54, 1.807) is 64.7 Å². The van der Waals surface area contributed by atoms with Crippen LogP contribution in [0.2, 0.25) is 0 Å². The summed E-state index contributed by atoms with van der Waals surface area (Å²) >= 11 is 0.